The highest BCUT2D eigenvalue weighted by Gasteiger charge is 2.28. The highest BCUT2D eigenvalue weighted by molar-refractivity contribution is 7.47. The Balaban J connectivity index is 3.94. The molecule has 0 aromatic rings. The average Bonchev–Trinajstić information content (AvgIpc) is 3.10. The highest BCUT2D eigenvalue weighted by atomic mass is 31.2. The molecule has 0 rings (SSSR count). The zero-order valence-electron chi connectivity index (χ0n) is 36.0. The number of phosphoric acid groups is 1. The Morgan fingerprint density at radius 3 is 1.26 bits per heavy atom. The van der Waals surface area contributed by atoms with Gasteiger partial charge in [0, 0.05) is 6.42 Å². The van der Waals surface area contributed by atoms with Crippen molar-refractivity contribution < 1.29 is 32.9 Å². The Morgan fingerprint density at radius 2 is 0.906 bits per heavy atom. The second-order valence-corrected chi connectivity index (χ2v) is 18.6. The minimum Gasteiger partial charge on any atom is -0.391 e. The number of hydrogen-bond acceptors (Lipinski definition) is 5. The van der Waals surface area contributed by atoms with Crippen LogP contribution in [-0.4, -0.2) is 73.4 Å². The molecular weight excluding hydrogens is 683 g/mol. The van der Waals surface area contributed by atoms with Gasteiger partial charge in [0.05, 0.1) is 39.9 Å². The zero-order chi connectivity index (χ0) is 39.3. The lowest BCUT2D eigenvalue weighted by Crippen LogP contribution is -2.46. The van der Waals surface area contributed by atoms with Gasteiger partial charge in [0.2, 0.25) is 5.91 Å². The standard InChI is InChI=1S/C44H91N2O6P/c1-6-8-10-12-13-14-15-16-17-18-19-20-21-22-23-24-25-26-27-28-29-30-31-32-34-35-37-43(47)42(45-44(48)38-36-33-11-9-7-2)41-52-53(49,50)51-40-39-46(3,4)5/h42-43,47H,6-41H2,1-5H3,(H-,45,48,49,50)/p+1. The third-order valence-corrected chi connectivity index (χ3v) is 11.6. The first-order chi connectivity index (χ1) is 25.5. The minimum atomic E-state index is -4.29. The number of nitrogens with one attached hydrogen (secondary N) is 1. The summed E-state index contributed by atoms with van der Waals surface area (Å²) in [5.74, 6) is -0.155. The Hall–Kier alpha value is -0.500. The molecule has 3 unspecified atom stereocenters. The van der Waals surface area contributed by atoms with E-state index in [0.717, 1.165) is 51.4 Å². The molecule has 0 aromatic carbocycles. The molecule has 0 aliphatic heterocycles. The molecule has 0 saturated heterocycles. The topological polar surface area (TPSA) is 105 Å². The normalized spacial score (nSPS) is 14.3. The van der Waals surface area contributed by atoms with Crippen LogP contribution in [-0.2, 0) is 18.4 Å². The Labute approximate surface area is 329 Å². The summed E-state index contributed by atoms with van der Waals surface area (Å²) in [4.78, 5) is 22.8. The van der Waals surface area contributed by atoms with Gasteiger partial charge in [-0.25, -0.2) is 4.57 Å². The monoisotopic (exact) mass is 776 g/mol. The van der Waals surface area contributed by atoms with Crippen molar-refractivity contribution in [1.82, 2.24) is 5.32 Å². The molecule has 0 spiro atoms. The van der Waals surface area contributed by atoms with Gasteiger partial charge in [-0.3, -0.25) is 13.8 Å². The number of carbonyl (C=O) groups is 1. The van der Waals surface area contributed by atoms with Crippen LogP contribution in [0, 0.1) is 0 Å². The zero-order valence-corrected chi connectivity index (χ0v) is 36.9. The van der Waals surface area contributed by atoms with E-state index < -0.39 is 20.0 Å². The van der Waals surface area contributed by atoms with Crippen molar-refractivity contribution in [2.45, 2.75) is 238 Å². The van der Waals surface area contributed by atoms with E-state index in [1.54, 1.807) is 0 Å². The van der Waals surface area contributed by atoms with Crippen molar-refractivity contribution in [3.8, 4) is 0 Å². The van der Waals surface area contributed by atoms with Crippen LogP contribution in [0.25, 0.3) is 0 Å². The fraction of sp³-hybridized carbons (Fsp3) is 0.977. The molecule has 9 heteroatoms. The van der Waals surface area contributed by atoms with Crippen molar-refractivity contribution in [2.24, 2.45) is 0 Å². The van der Waals surface area contributed by atoms with E-state index in [1.165, 1.54) is 148 Å². The number of nitrogens with zero attached hydrogens (tertiary/aromatic N) is 1. The second kappa shape index (κ2) is 37.1. The summed E-state index contributed by atoms with van der Waals surface area (Å²) >= 11 is 0. The van der Waals surface area contributed by atoms with Crippen LogP contribution in [0.4, 0.5) is 0 Å². The Morgan fingerprint density at radius 1 is 0.566 bits per heavy atom. The van der Waals surface area contributed by atoms with Gasteiger partial charge >= 0.3 is 7.82 Å². The average molecular weight is 776 g/mol. The summed E-state index contributed by atoms with van der Waals surface area (Å²) in [6, 6.07) is -0.750. The molecule has 0 saturated carbocycles. The first kappa shape index (κ1) is 52.5. The van der Waals surface area contributed by atoms with Crippen LogP contribution in [0.5, 0.6) is 0 Å². The quantitative estimate of drug-likeness (QED) is 0.0324. The van der Waals surface area contributed by atoms with E-state index in [1.807, 2.05) is 21.1 Å². The Bertz CT molecular complexity index is 839. The van der Waals surface area contributed by atoms with Crippen molar-refractivity contribution in [1.29, 1.82) is 0 Å². The number of amides is 1. The van der Waals surface area contributed by atoms with E-state index in [-0.39, 0.29) is 19.1 Å². The molecule has 3 N–H and O–H groups in total. The predicted octanol–water partition coefficient (Wildman–Crippen LogP) is 12.6. The summed E-state index contributed by atoms with van der Waals surface area (Å²) in [6.07, 6.45) is 40.5. The van der Waals surface area contributed by atoms with Gasteiger partial charge < -0.3 is 19.8 Å². The van der Waals surface area contributed by atoms with E-state index in [9.17, 15) is 19.4 Å². The van der Waals surface area contributed by atoms with Gasteiger partial charge in [0.15, 0.2) is 0 Å². The number of aliphatic hydroxyl groups is 1. The molecule has 318 valence electrons. The summed E-state index contributed by atoms with van der Waals surface area (Å²) in [6.45, 7) is 4.82. The number of phosphoric ester groups is 1. The fourth-order valence-electron chi connectivity index (χ4n) is 6.93. The lowest BCUT2D eigenvalue weighted by atomic mass is 10.0. The number of hydrogen-bond donors (Lipinski definition) is 3. The molecule has 0 bridgehead atoms. The van der Waals surface area contributed by atoms with Gasteiger partial charge in [-0.2, -0.15) is 0 Å². The fourth-order valence-corrected chi connectivity index (χ4v) is 7.67. The summed E-state index contributed by atoms with van der Waals surface area (Å²) in [7, 11) is 1.62. The van der Waals surface area contributed by atoms with Gasteiger partial charge in [-0.15, -0.1) is 0 Å². The maximum atomic E-state index is 12.6. The third kappa shape index (κ3) is 39.5. The molecule has 0 aliphatic rings. The molecule has 0 aromatic heterocycles. The lowest BCUT2D eigenvalue weighted by molar-refractivity contribution is -0.870. The molecular formula is C44H92N2O6P+. The molecule has 0 radical (unpaired) electrons. The van der Waals surface area contributed by atoms with Crippen LogP contribution >= 0.6 is 7.82 Å². The molecule has 0 heterocycles. The number of carbonyl (C=O) groups excluding carboxylic acids is 1. The molecule has 0 fully saturated rings. The summed E-state index contributed by atoms with van der Waals surface area (Å²) in [5, 5.41) is 13.8. The molecule has 8 nitrogen and oxygen atoms in total. The lowest BCUT2D eigenvalue weighted by Gasteiger charge is -2.26. The Kier molecular flexibility index (Phi) is 36.7. The van der Waals surface area contributed by atoms with Crippen LogP contribution in [0.1, 0.15) is 226 Å². The second-order valence-electron chi connectivity index (χ2n) is 17.1. The van der Waals surface area contributed by atoms with Crippen LogP contribution in [0.15, 0.2) is 0 Å². The van der Waals surface area contributed by atoms with Crippen molar-refractivity contribution in [2.75, 3.05) is 40.9 Å². The van der Waals surface area contributed by atoms with Crippen LogP contribution < -0.4 is 5.32 Å². The first-order valence-electron chi connectivity index (χ1n) is 22.9. The largest absolute Gasteiger partial charge is 0.472 e. The minimum absolute atomic E-state index is 0.0776. The van der Waals surface area contributed by atoms with Gasteiger partial charge in [-0.05, 0) is 12.8 Å². The first-order valence-corrected chi connectivity index (χ1v) is 24.4. The predicted molar refractivity (Wildman–Crippen MR) is 226 cm³/mol. The van der Waals surface area contributed by atoms with Gasteiger partial charge in [0.1, 0.15) is 13.2 Å². The maximum Gasteiger partial charge on any atom is 0.472 e. The third-order valence-electron chi connectivity index (χ3n) is 10.6. The number of rotatable bonds is 42. The molecule has 3 atom stereocenters. The van der Waals surface area contributed by atoms with Gasteiger partial charge in [-0.1, -0.05) is 206 Å². The van der Waals surface area contributed by atoms with E-state index in [2.05, 4.69) is 19.2 Å². The summed E-state index contributed by atoms with van der Waals surface area (Å²) in [5.41, 5.74) is 0. The maximum absolute atomic E-state index is 12.6. The SMILES string of the molecule is CCCCCCCCCCCCCCCCCCCCCCCCCCCCC(O)C(COP(=O)(O)OCC[N+](C)(C)C)NC(=O)CCCCCCC. The number of aliphatic hydroxyl groups excluding tert-OH is 1. The van der Waals surface area contributed by atoms with Crippen molar-refractivity contribution >= 4 is 13.7 Å². The molecule has 1 amide bonds. The summed E-state index contributed by atoms with van der Waals surface area (Å²) < 4.78 is 23.5. The van der Waals surface area contributed by atoms with Crippen molar-refractivity contribution in [3.63, 3.8) is 0 Å². The molecule has 53 heavy (non-hydrogen) atoms. The smallest absolute Gasteiger partial charge is 0.391 e. The van der Waals surface area contributed by atoms with Crippen LogP contribution in [0.2, 0.25) is 0 Å². The van der Waals surface area contributed by atoms with Crippen molar-refractivity contribution in [3.05, 3.63) is 0 Å². The highest BCUT2D eigenvalue weighted by Crippen LogP contribution is 2.43. The number of unbranched alkanes of at least 4 members (excludes halogenated alkanes) is 29. The van der Waals surface area contributed by atoms with E-state index in [4.69, 9.17) is 9.05 Å². The number of likely N-dealkylation sites (N-methyl/N-ethyl adjacent to an activating group) is 1. The molecule has 0 aliphatic carbocycles. The van der Waals surface area contributed by atoms with E-state index in [0.29, 0.717) is 23.9 Å². The van der Waals surface area contributed by atoms with Gasteiger partial charge in [0.25, 0.3) is 0 Å². The number of quaternary nitrogens is 1. The van der Waals surface area contributed by atoms with E-state index >= 15 is 0 Å². The van der Waals surface area contributed by atoms with Crippen LogP contribution in [0.3, 0.4) is 0 Å².